The van der Waals surface area contributed by atoms with E-state index >= 15 is 0 Å². The maximum Gasteiger partial charge on any atom is 0.250 e. The standard InChI is InChI=1S/C12H14BrIN2O2/c1-12(6-15-7-12)18-5-11(17)16-8-2-3-9(13)10(14)4-8/h2-4,15H,5-7H2,1H3,(H,16,17). The van der Waals surface area contributed by atoms with Gasteiger partial charge in [-0.05, 0) is 63.6 Å². The first-order valence-electron chi connectivity index (χ1n) is 5.58. The van der Waals surface area contributed by atoms with Gasteiger partial charge >= 0.3 is 0 Å². The quantitative estimate of drug-likeness (QED) is 0.729. The summed E-state index contributed by atoms with van der Waals surface area (Å²) in [5.74, 6) is -0.124. The van der Waals surface area contributed by atoms with Crippen LogP contribution in [0.1, 0.15) is 6.92 Å². The van der Waals surface area contributed by atoms with E-state index in [4.69, 9.17) is 4.74 Å². The van der Waals surface area contributed by atoms with E-state index in [9.17, 15) is 4.79 Å². The lowest BCUT2D eigenvalue weighted by molar-refractivity contribution is -0.130. The molecule has 0 saturated carbocycles. The monoisotopic (exact) mass is 424 g/mol. The molecule has 98 valence electrons. The molecule has 1 aliphatic heterocycles. The lowest BCUT2D eigenvalue weighted by Gasteiger charge is -2.38. The molecule has 0 spiro atoms. The second kappa shape index (κ2) is 5.85. The van der Waals surface area contributed by atoms with Gasteiger partial charge < -0.3 is 15.4 Å². The van der Waals surface area contributed by atoms with E-state index in [1.807, 2.05) is 25.1 Å². The molecule has 2 N–H and O–H groups in total. The van der Waals surface area contributed by atoms with Crippen molar-refractivity contribution < 1.29 is 9.53 Å². The van der Waals surface area contributed by atoms with Crippen LogP contribution < -0.4 is 10.6 Å². The highest BCUT2D eigenvalue weighted by molar-refractivity contribution is 14.1. The molecular formula is C12H14BrIN2O2. The Kier molecular flexibility index (Phi) is 4.63. The predicted octanol–water partition coefficient (Wildman–Crippen LogP) is 2.37. The zero-order chi connectivity index (χ0) is 13.2. The summed E-state index contributed by atoms with van der Waals surface area (Å²) < 4.78 is 7.64. The number of rotatable bonds is 4. The van der Waals surface area contributed by atoms with E-state index in [1.165, 1.54) is 0 Å². The fourth-order valence-corrected chi connectivity index (χ4v) is 2.35. The van der Waals surface area contributed by atoms with E-state index in [-0.39, 0.29) is 18.1 Å². The average molecular weight is 425 g/mol. The second-order valence-corrected chi connectivity index (χ2v) is 6.54. The van der Waals surface area contributed by atoms with Crippen LogP contribution in [0.5, 0.6) is 0 Å². The molecule has 1 amide bonds. The highest BCUT2D eigenvalue weighted by Gasteiger charge is 2.32. The van der Waals surface area contributed by atoms with Gasteiger partial charge in [-0.1, -0.05) is 0 Å². The second-order valence-electron chi connectivity index (χ2n) is 4.52. The molecule has 0 bridgehead atoms. The summed E-state index contributed by atoms with van der Waals surface area (Å²) in [6.45, 7) is 3.69. The Balaban J connectivity index is 1.85. The number of halogens is 2. The van der Waals surface area contributed by atoms with Crippen LogP contribution in [0.2, 0.25) is 0 Å². The molecule has 1 aliphatic rings. The van der Waals surface area contributed by atoms with E-state index in [2.05, 4.69) is 49.2 Å². The van der Waals surface area contributed by atoms with Gasteiger partial charge in [0.05, 0.1) is 5.60 Å². The van der Waals surface area contributed by atoms with Crippen molar-refractivity contribution in [2.24, 2.45) is 0 Å². The van der Waals surface area contributed by atoms with E-state index in [0.717, 1.165) is 26.8 Å². The molecule has 1 aromatic carbocycles. The molecule has 0 aliphatic carbocycles. The number of hydrogen-bond acceptors (Lipinski definition) is 3. The predicted molar refractivity (Wildman–Crippen MR) is 82.7 cm³/mol. The topological polar surface area (TPSA) is 50.4 Å². The largest absolute Gasteiger partial charge is 0.363 e. The third kappa shape index (κ3) is 3.66. The fourth-order valence-electron chi connectivity index (χ4n) is 1.59. The third-order valence-corrected chi connectivity index (χ3v) is 5.08. The van der Waals surface area contributed by atoms with Crippen LogP contribution in [0.15, 0.2) is 22.7 Å². The first kappa shape index (κ1) is 14.2. The van der Waals surface area contributed by atoms with Crippen molar-refractivity contribution in [3.8, 4) is 0 Å². The van der Waals surface area contributed by atoms with Crippen molar-refractivity contribution in [1.82, 2.24) is 5.32 Å². The number of ether oxygens (including phenoxy) is 1. The minimum atomic E-state index is -0.189. The number of anilines is 1. The molecule has 1 heterocycles. The first-order valence-corrected chi connectivity index (χ1v) is 7.45. The summed E-state index contributed by atoms with van der Waals surface area (Å²) in [5.41, 5.74) is 0.596. The molecule has 18 heavy (non-hydrogen) atoms. The Morgan fingerprint density at radius 2 is 2.33 bits per heavy atom. The Bertz CT molecular complexity index is 463. The summed E-state index contributed by atoms with van der Waals surface area (Å²) in [6, 6.07) is 5.68. The number of carbonyl (C=O) groups excluding carboxylic acids is 1. The van der Waals surface area contributed by atoms with Crippen LogP contribution in [0, 0.1) is 3.57 Å². The number of benzene rings is 1. The molecule has 0 aromatic heterocycles. The number of nitrogens with one attached hydrogen (secondary N) is 2. The Hall–Kier alpha value is -0.180. The molecule has 0 radical (unpaired) electrons. The Morgan fingerprint density at radius 1 is 1.61 bits per heavy atom. The molecule has 6 heteroatoms. The SMILES string of the molecule is CC1(OCC(=O)Nc2ccc(Br)c(I)c2)CNC1. The average Bonchev–Trinajstić information content (AvgIpc) is 2.29. The molecule has 2 rings (SSSR count). The van der Waals surface area contributed by atoms with Crippen LogP contribution in [0.25, 0.3) is 0 Å². The zero-order valence-electron chi connectivity index (χ0n) is 9.93. The summed E-state index contributed by atoms with van der Waals surface area (Å²) >= 11 is 5.63. The fraction of sp³-hybridized carbons (Fsp3) is 0.417. The van der Waals surface area contributed by atoms with Gasteiger partial charge in [0.25, 0.3) is 0 Å². The molecule has 0 unspecified atom stereocenters. The van der Waals surface area contributed by atoms with Gasteiger partial charge in [0.15, 0.2) is 0 Å². The van der Waals surface area contributed by atoms with Crippen molar-refractivity contribution in [2.45, 2.75) is 12.5 Å². The van der Waals surface area contributed by atoms with Gasteiger partial charge in [-0.3, -0.25) is 4.79 Å². The van der Waals surface area contributed by atoms with Crippen LogP contribution in [-0.2, 0) is 9.53 Å². The lowest BCUT2D eigenvalue weighted by Crippen LogP contribution is -2.59. The molecule has 0 atom stereocenters. The summed E-state index contributed by atoms with van der Waals surface area (Å²) in [5, 5.41) is 5.95. The normalized spacial score (nSPS) is 17.1. The van der Waals surface area contributed by atoms with Crippen LogP contribution in [0.4, 0.5) is 5.69 Å². The van der Waals surface area contributed by atoms with E-state index in [1.54, 1.807) is 0 Å². The van der Waals surface area contributed by atoms with Crippen molar-refractivity contribution in [3.63, 3.8) is 0 Å². The van der Waals surface area contributed by atoms with Gasteiger partial charge in [-0.25, -0.2) is 0 Å². The smallest absolute Gasteiger partial charge is 0.250 e. The molecule has 1 aromatic rings. The minimum absolute atomic E-state index is 0.0881. The Morgan fingerprint density at radius 3 is 2.89 bits per heavy atom. The lowest BCUT2D eigenvalue weighted by atomic mass is 10.0. The van der Waals surface area contributed by atoms with Crippen molar-refractivity contribution in [3.05, 3.63) is 26.2 Å². The molecular weight excluding hydrogens is 411 g/mol. The van der Waals surface area contributed by atoms with E-state index in [0.29, 0.717) is 0 Å². The minimum Gasteiger partial charge on any atom is -0.363 e. The summed E-state index contributed by atoms with van der Waals surface area (Å²) in [4.78, 5) is 11.7. The molecule has 1 saturated heterocycles. The summed E-state index contributed by atoms with van der Waals surface area (Å²) in [7, 11) is 0. The maximum absolute atomic E-state index is 11.7. The van der Waals surface area contributed by atoms with Crippen LogP contribution in [0.3, 0.4) is 0 Å². The van der Waals surface area contributed by atoms with Crippen molar-refractivity contribution in [1.29, 1.82) is 0 Å². The number of carbonyl (C=O) groups is 1. The Labute approximate surface area is 128 Å². The van der Waals surface area contributed by atoms with Gasteiger partial charge in [-0.15, -0.1) is 0 Å². The highest BCUT2D eigenvalue weighted by Crippen LogP contribution is 2.22. The van der Waals surface area contributed by atoms with Gasteiger partial charge in [0.2, 0.25) is 5.91 Å². The van der Waals surface area contributed by atoms with Crippen LogP contribution in [-0.4, -0.2) is 31.2 Å². The molecule has 4 nitrogen and oxygen atoms in total. The third-order valence-electron chi connectivity index (χ3n) is 2.75. The van der Waals surface area contributed by atoms with Gasteiger partial charge in [0, 0.05) is 26.8 Å². The van der Waals surface area contributed by atoms with Crippen molar-refractivity contribution >= 4 is 50.1 Å². The highest BCUT2D eigenvalue weighted by atomic mass is 127. The number of amides is 1. The van der Waals surface area contributed by atoms with Crippen LogP contribution >= 0.6 is 38.5 Å². The van der Waals surface area contributed by atoms with Crippen molar-refractivity contribution in [2.75, 3.05) is 25.0 Å². The van der Waals surface area contributed by atoms with Gasteiger partial charge in [-0.2, -0.15) is 0 Å². The zero-order valence-corrected chi connectivity index (χ0v) is 13.7. The first-order chi connectivity index (χ1) is 8.48. The molecule has 1 fully saturated rings. The number of hydrogen-bond donors (Lipinski definition) is 2. The maximum atomic E-state index is 11.7. The van der Waals surface area contributed by atoms with Gasteiger partial charge in [0.1, 0.15) is 6.61 Å². The van der Waals surface area contributed by atoms with E-state index < -0.39 is 0 Å². The summed E-state index contributed by atoms with van der Waals surface area (Å²) in [6.07, 6.45) is 0.